The number of hydrogen-bond acceptors (Lipinski definition) is 5. The van der Waals surface area contributed by atoms with Crippen LogP contribution in [0.2, 0.25) is 0 Å². The highest BCUT2D eigenvalue weighted by atomic mass is 32.2. The Morgan fingerprint density at radius 1 is 0.943 bits per heavy atom. The smallest absolute Gasteiger partial charge is 0.256 e. The Kier molecular flexibility index (Phi) is 7.17. The summed E-state index contributed by atoms with van der Waals surface area (Å²) in [6, 6.07) is 23.4. The number of nitrogens with zero attached hydrogens (tertiary/aromatic N) is 1. The minimum absolute atomic E-state index is 0.159. The molecule has 0 bridgehead atoms. The molecule has 0 aliphatic rings. The maximum atomic E-state index is 13.5. The molecule has 1 heterocycles. The van der Waals surface area contributed by atoms with Gasteiger partial charge in [0.15, 0.2) is 9.84 Å². The predicted molar refractivity (Wildman–Crippen MR) is 140 cm³/mol. The van der Waals surface area contributed by atoms with Gasteiger partial charge in [-0.05, 0) is 43.2 Å². The van der Waals surface area contributed by atoms with Crippen molar-refractivity contribution >= 4 is 32.3 Å². The lowest BCUT2D eigenvalue weighted by Gasteiger charge is -2.17. The zero-order valence-electron chi connectivity index (χ0n) is 20.0. The maximum absolute atomic E-state index is 13.5. The molecule has 3 aromatic carbocycles. The van der Waals surface area contributed by atoms with Crippen LogP contribution in [0.1, 0.15) is 37.0 Å². The summed E-state index contributed by atoms with van der Waals surface area (Å²) in [5.74, 6) is -0.000321. The lowest BCUT2D eigenvalue weighted by atomic mass is 10.0. The highest BCUT2D eigenvalue weighted by Gasteiger charge is 2.26. The number of hydrogen-bond donors (Lipinski definition) is 1. The van der Waals surface area contributed by atoms with Crippen molar-refractivity contribution in [3.8, 4) is 17.0 Å². The summed E-state index contributed by atoms with van der Waals surface area (Å²) in [7, 11) is -2.06. The molecule has 4 aromatic rings. The van der Waals surface area contributed by atoms with E-state index in [1.165, 1.54) is 19.2 Å². The Hall–Kier alpha value is -3.71. The van der Waals surface area contributed by atoms with Crippen LogP contribution in [-0.4, -0.2) is 31.7 Å². The molecule has 0 aliphatic heterocycles. The number of ether oxygens (including phenoxy) is 1. The van der Waals surface area contributed by atoms with Gasteiger partial charge in [-0.15, -0.1) is 0 Å². The highest BCUT2D eigenvalue weighted by Crippen LogP contribution is 2.32. The van der Waals surface area contributed by atoms with E-state index < -0.39 is 15.1 Å². The number of pyridine rings is 1. The summed E-state index contributed by atoms with van der Waals surface area (Å²) in [6.07, 6.45) is 1.02. The topological polar surface area (TPSA) is 85.4 Å². The van der Waals surface area contributed by atoms with Gasteiger partial charge in [0.1, 0.15) is 5.75 Å². The van der Waals surface area contributed by atoms with Crippen molar-refractivity contribution < 1.29 is 17.9 Å². The van der Waals surface area contributed by atoms with Gasteiger partial charge >= 0.3 is 0 Å². The molecule has 1 amide bonds. The summed E-state index contributed by atoms with van der Waals surface area (Å²) >= 11 is 0. The fourth-order valence-electron chi connectivity index (χ4n) is 4.19. The molecule has 35 heavy (non-hydrogen) atoms. The van der Waals surface area contributed by atoms with Crippen LogP contribution < -0.4 is 10.1 Å². The van der Waals surface area contributed by atoms with E-state index in [0.29, 0.717) is 46.4 Å². The van der Waals surface area contributed by atoms with Gasteiger partial charge in [-0.25, -0.2) is 13.4 Å². The molecule has 1 N–H and O–H groups in total. The van der Waals surface area contributed by atoms with Gasteiger partial charge in [-0.3, -0.25) is 4.79 Å². The van der Waals surface area contributed by atoms with E-state index in [9.17, 15) is 13.2 Å². The largest absolute Gasteiger partial charge is 0.495 e. The molecule has 0 fully saturated rings. The van der Waals surface area contributed by atoms with Crippen molar-refractivity contribution in [1.82, 2.24) is 4.98 Å². The van der Waals surface area contributed by atoms with Crippen LogP contribution in [0.4, 0.5) is 5.69 Å². The second-order valence-corrected chi connectivity index (χ2v) is 10.5. The number of amides is 1. The molecule has 180 valence electrons. The number of anilines is 1. The standard InChI is InChI=1S/C28H28N2O4S/c1-4-20(5-2)35(32,33)21-15-16-27(34-3)26(17-21)30-28(31)23-18-25(19-11-7-6-8-12-19)29-24-14-10-9-13-22(23)24/h6-18,20H,4-5H2,1-3H3,(H,30,31). The lowest BCUT2D eigenvalue weighted by molar-refractivity contribution is 0.102. The van der Waals surface area contributed by atoms with Crippen molar-refractivity contribution in [2.45, 2.75) is 36.8 Å². The van der Waals surface area contributed by atoms with Crippen molar-refractivity contribution in [2.24, 2.45) is 0 Å². The fraction of sp³-hybridized carbons (Fsp3) is 0.214. The third-order valence-corrected chi connectivity index (χ3v) is 8.58. The first-order chi connectivity index (χ1) is 16.9. The van der Waals surface area contributed by atoms with E-state index in [2.05, 4.69) is 5.32 Å². The van der Waals surface area contributed by atoms with Crippen molar-refractivity contribution in [1.29, 1.82) is 0 Å². The monoisotopic (exact) mass is 488 g/mol. The average molecular weight is 489 g/mol. The Morgan fingerprint density at radius 3 is 2.31 bits per heavy atom. The molecular formula is C28H28N2O4S. The van der Waals surface area contributed by atoms with E-state index in [-0.39, 0.29) is 10.8 Å². The second-order valence-electron chi connectivity index (χ2n) is 8.24. The van der Waals surface area contributed by atoms with Crippen LogP contribution in [0.3, 0.4) is 0 Å². The molecule has 0 spiro atoms. The number of rotatable bonds is 8. The zero-order chi connectivity index (χ0) is 25.0. The molecule has 0 unspecified atom stereocenters. The van der Waals surface area contributed by atoms with Crippen LogP contribution >= 0.6 is 0 Å². The van der Waals surface area contributed by atoms with E-state index in [0.717, 1.165) is 5.56 Å². The van der Waals surface area contributed by atoms with Gasteiger partial charge in [0.2, 0.25) is 0 Å². The minimum Gasteiger partial charge on any atom is -0.495 e. The quantitative estimate of drug-likeness (QED) is 0.323. The summed E-state index contributed by atoms with van der Waals surface area (Å²) < 4.78 is 31.7. The molecule has 0 radical (unpaired) electrons. The van der Waals surface area contributed by atoms with E-state index in [4.69, 9.17) is 9.72 Å². The third kappa shape index (κ3) is 4.91. The third-order valence-electron chi connectivity index (χ3n) is 6.13. The first-order valence-electron chi connectivity index (χ1n) is 11.6. The minimum atomic E-state index is -3.54. The molecular weight excluding hydrogens is 460 g/mol. The molecule has 7 heteroatoms. The van der Waals surface area contributed by atoms with Gasteiger partial charge in [0.25, 0.3) is 5.91 Å². The second kappa shape index (κ2) is 10.3. The van der Waals surface area contributed by atoms with E-state index in [1.54, 1.807) is 12.1 Å². The lowest BCUT2D eigenvalue weighted by Crippen LogP contribution is -2.20. The van der Waals surface area contributed by atoms with Crippen LogP contribution in [-0.2, 0) is 9.84 Å². The first-order valence-corrected chi connectivity index (χ1v) is 13.1. The van der Waals surface area contributed by atoms with Gasteiger partial charge < -0.3 is 10.1 Å². The molecule has 1 aromatic heterocycles. The van der Waals surface area contributed by atoms with E-state index in [1.807, 2.05) is 68.4 Å². The Morgan fingerprint density at radius 2 is 1.63 bits per heavy atom. The number of carbonyl (C=O) groups is 1. The number of aromatic nitrogens is 1. The van der Waals surface area contributed by atoms with Crippen molar-refractivity contribution in [2.75, 3.05) is 12.4 Å². The maximum Gasteiger partial charge on any atom is 0.256 e. The average Bonchev–Trinajstić information content (AvgIpc) is 2.89. The van der Waals surface area contributed by atoms with Crippen LogP contribution in [0.15, 0.2) is 83.8 Å². The number of fused-ring (bicyclic) bond motifs is 1. The summed E-state index contributed by atoms with van der Waals surface area (Å²) in [6.45, 7) is 3.72. The number of sulfone groups is 1. The number of methoxy groups -OCH3 is 1. The van der Waals surface area contributed by atoms with Gasteiger partial charge in [0.05, 0.1) is 39.7 Å². The van der Waals surface area contributed by atoms with Gasteiger partial charge in [-0.2, -0.15) is 0 Å². The van der Waals surface area contributed by atoms with E-state index >= 15 is 0 Å². The summed E-state index contributed by atoms with van der Waals surface area (Å²) in [5.41, 5.74) is 2.99. The first kappa shape index (κ1) is 24.4. The van der Waals surface area contributed by atoms with Gasteiger partial charge in [-0.1, -0.05) is 62.4 Å². The molecule has 0 saturated heterocycles. The predicted octanol–water partition coefficient (Wildman–Crippen LogP) is 6.13. The Bertz CT molecular complexity index is 1460. The molecule has 0 aliphatic carbocycles. The Balaban J connectivity index is 1.78. The molecule has 0 saturated carbocycles. The SMILES string of the molecule is CCC(CC)S(=O)(=O)c1ccc(OC)c(NC(=O)c2cc(-c3ccccc3)nc3ccccc23)c1. The number of para-hydroxylation sites is 1. The molecule has 0 atom stereocenters. The highest BCUT2D eigenvalue weighted by molar-refractivity contribution is 7.92. The molecule has 6 nitrogen and oxygen atoms in total. The summed E-state index contributed by atoms with van der Waals surface area (Å²) in [5, 5.41) is 3.09. The number of benzene rings is 3. The van der Waals surface area contributed by atoms with Crippen molar-refractivity contribution in [3.63, 3.8) is 0 Å². The normalized spacial score (nSPS) is 11.5. The van der Waals surface area contributed by atoms with Crippen LogP contribution in [0.25, 0.3) is 22.2 Å². The number of nitrogens with one attached hydrogen (secondary N) is 1. The summed E-state index contributed by atoms with van der Waals surface area (Å²) in [4.78, 5) is 18.4. The van der Waals surface area contributed by atoms with Crippen molar-refractivity contribution in [3.05, 3.63) is 84.4 Å². The fourth-order valence-corrected chi connectivity index (χ4v) is 5.99. The number of carbonyl (C=O) groups excluding carboxylic acids is 1. The Labute approximate surface area is 205 Å². The van der Waals surface area contributed by atoms with Crippen LogP contribution in [0.5, 0.6) is 5.75 Å². The van der Waals surface area contributed by atoms with Crippen LogP contribution in [0, 0.1) is 0 Å². The molecule has 4 rings (SSSR count). The van der Waals surface area contributed by atoms with Gasteiger partial charge in [0, 0.05) is 10.9 Å². The zero-order valence-corrected chi connectivity index (χ0v) is 20.8.